The molecule has 1 aromatic heterocycles. The summed E-state index contributed by atoms with van der Waals surface area (Å²) < 4.78 is 11.1. The molecule has 0 spiro atoms. The van der Waals surface area contributed by atoms with Crippen LogP contribution in [0.25, 0.3) is 0 Å². The molecule has 3 rings (SSSR count). The second-order valence-electron chi connectivity index (χ2n) is 5.64. The first-order chi connectivity index (χ1) is 13.1. The van der Waals surface area contributed by atoms with Crippen molar-refractivity contribution in [1.82, 2.24) is 10.2 Å². The van der Waals surface area contributed by atoms with Gasteiger partial charge in [0.05, 0.1) is 5.75 Å². The number of aromatic nitrogens is 2. The number of aryl methyl sites for hydroxylation is 1. The van der Waals surface area contributed by atoms with Crippen molar-refractivity contribution >= 4 is 35.1 Å². The molecule has 0 bridgehead atoms. The third kappa shape index (κ3) is 6.04. The highest BCUT2D eigenvalue weighted by molar-refractivity contribution is 7.99. The van der Waals surface area contributed by atoms with Crippen molar-refractivity contribution in [3.8, 4) is 5.75 Å². The molecule has 1 heterocycles. The lowest BCUT2D eigenvalue weighted by Gasteiger charge is -2.05. The Morgan fingerprint density at radius 3 is 2.85 bits per heavy atom. The van der Waals surface area contributed by atoms with E-state index >= 15 is 0 Å². The van der Waals surface area contributed by atoms with Gasteiger partial charge in [0.25, 0.3) is 11.1 Å². The van der Waals surface area contributed by atoms with Crippen LogP contribution in [0, 0.1) is 6.92 Å². The third-order valence-electron chi connectivity index (χ3n) is 3.48. The quantitative estimate of drug-likeness (QED) is 0.560. The van der Waals surface area contributed by atoms with Crippen LogP contribution >= 0.6 is 23.5 Å². The second kappa shape index (κ2) is 9.48. The minimum absolute atomic E-state index is 0.131. The Morgan fingerprint density at radius 1 is 1.19 bits per heavy atom. The number of hydrogen-bond acceptors (Lipinski definition) is 7. The Kier molecular flexibility index (Phi) is 6.78. The van der Waals surface area contributed by atoms with E-state index in [1.54, 1.807) is 11.8 Å². The van der Waals surface area contributed by atoms with E-state index < -0.39 is 0 Å². The number of hydrogen-bond donors (Lipinski definition) is 1. The average molecular weight is 402 g/mol. The number of anilines is 1. The molecule has 8 heteroatoms. The maximum Gasteiger partial charge on any atom is 0.277 e. The highest BCUT2D eigenvalue weighted by Gasteiger charge is 2.11. The van der Waals surface area contributed by atoms with Gasteiger partial charge in [-0.1, -0.05) is 30.0 Å². The van der Waals surface area contributed by atoms with Gasteiger partial charge in [-0.15, -0.1) is 22.0 Å². The van der Waals surface area contributed by atoms with Crippen molar-refractivity contribution in [2.24, 2.45) is 0 Å². The van der Waals surface area contributed by atoms with Gasteiger partial charge in [-0.05, 0) is 49.1 Å². The van der Waals surface area contributed by atoms with E-state index in [1.165, 1.54) is 11.8 Å². The van der Waals surface area contributed by atoms with Gasteiger partial charge in [-0.25, -0.2) is 0 Å². The van der Waals surface area contributed by atoms with Gasteiger partial charge >= 0.3 is 0 Å². The lowest BCUT2D eigenvalue weighted by molar-refractivity contribution is -0.113. The zero-order valence-electron chi connectivity index (χ0n) is 15.0. The van der Waals surface area contributed by atoms with Crippen LogP contribution in [-0.2, 0) is 11.4 Å². The van der Waals surface area contributed by atoms with Crippen molar-refractivity contribution in [1.29, 1.82) is 0 Å². The Morgan fingerprint density at radius 2 is 2.04 bits per heavy atom. The van der Waals surface area contributed by atoms with Gasteiger partial charge in [-0.2, -0.15) is 0 Å². The first kappa shape index (κ1) is 19.3. The number of ether oxygens (including phenoxy) is 1. The number of benzene rings is 2. The van der Waals surface area contributed by atoms with Crippen LogP contribution in [-0.4, -0.2) is 28.1 Å². The monoisotopic (exact) mass is 401 g/mol. The van der Waals surface area contributed by atoms with Gasteiger partial charge in [0, 0.05) is 10.6 Å². The normalized spacial score (nSPS) is 10.6. The Bertz CT molecular complexity index is 914. The highest BCUT2D eigenvalue weighted by Crippen LogP contribution is 2.21. The van der Waals surface area contributed by atoms with Gasteiger partial charge in [0.15, 0.2) is 6.61 Å². The lowest BCUT2D eigenvalue weighted by atomic mass is 10.2. The van der Waals surface area contributed by atoms with Crippen molar-refractivity contribution in [2.75, 3.05) is 17.3 Å². The molecule has 0 unspecified atom stereocenters. The molecule has 2 aromatic carbocycles. The molecule has 3 aromatic rings. The van der Waals surface area contributed by atoms with E-state index in [0.29, 0.717) is 11.1 Å². The number of amides is 1. The van der Waals surface area contributed by atoms with Crippen molar-refractivity contribution in [3.05, 3.63) is 60.0 Å². The summed E-state index contributed by atoms with van der Waals surface area (Å²) in [4.78, 5) is 13.2. The summed E-state index contributed by atoms with van der Waals surface area (Å²) in [6.45, 7) is 2.18. The van der Waals surface area contributed by atoms with Gasteiger partial charge in [-0.3, -0.25) is 4.79 Å². The first-order valence-corrected chi connectivity index (χ1v) is 10.4. The summed E-state index contributed by atoms with van der Waals surface area (Å²) in [7, 11) is 0. The van der Waals surface area contributed by atoms with Crippen LogP contribution in [0.1, 0.15) is 11.5 Å². The zero-order chi connectivity index (χ0) is 19.1. The maximum atomic E-state index is 12.1. The maximum absolute atomic E-state index is 12.1. The standard InChI is InChI=1S/C19H19N3O3S2/c1-13-5-3-7-15(9-13)24-11-18-21-22-19(25-18)27-12-17(23)20-14-6-4-8-16(10-14)26-2/h3-10H,11-12H2,1-2H3,(H,20,23). The molecular weight excluding hydrogens is 382 g/mol. The van der Waals surface area contributed by atoms with E-state index in [0.717, 1.165) is 21.9 Å². The minimum atomic E-state index is -0.131. The predicted octanol–water partition coefficient (Wildman–Crippen LogP) is 4.41. The van der Waals surface area contributed by atoms with Crippen LogP contribution in [0.2, 0.25) is 0 Å². The molecule has 6 nitrogen and oxygen atoms in total. The van der Waals surface area contributed by atoms with Gasteiger partial charge in [0.2, 0.25) is 5.91 Å². The SMILES string of the molecule is CSc1cccc(NC(=O)CSc2nnc(COc3cccc(C)c3)o2)c1. The van der Waals surface area contributed by atoms with E-state index in [1.807, 2.05) is 61.7 Å². The molecular formula is C19H19N3O3S2. The summed E-state index contributed by atoms with van der Waals surface area (Å²) in [5.41, 5.74) is 1.88. The second-order valence-corrected chi connectivity index (χ2v) is 7.44. The fourth-order valence-electron chi connectivity index (χ4n) is 2.23. The van der Waals surface area contributed by atoms with E-state index in [9.17, 15) is 4.79 Å². The van der Waals surface area contributed by atoms with Crippen molar-refractivity contribution < 1.29 is 13.9 Å². The zero-order valence-corrected chi connectivity index (χ0v) is 16.6. The average Bonchev–Trinajstić information content (AvgIpc) is 3.13. The van der Waals surface area contributed by atoms with E-state index in [-0.39, 0.29) is 18.3 Å². The molecule has 0 atom stereocenters. The lowest BCUT2D eigenvalue weighted by Crippen LogP contribution is -2.13. The molecule has 27 heavy (non-hydrogen) atoms. The molecule has 0 saturated heterocycles. The predicted molar refractivity (Wildman–Crippen MR) is 107 cm³/mol. The topological polar surface area (TPSA) is 77.2 Å². The largest absolute Gasteiger partial charge is 0.484 e. The fourth-order valence-corrected chi connectivity index (χ4v) is 3.27. The number of carbonyl (C=O) groups excluding carboxylic acids is 1. The van der Waals surface area contributed by atoms with E-state index in [2.05, 4.69) is 15.5 Å². The van der Waals surface area contributed by atoms with Gasteiger partial charge < -0.3 is 14.5 Å². The number of carbonyl (C=O) groups is 1. The number of nitrogens with one attached hydrogen (secondary N) is 1. The Labute approximate surface area is 166 Å². The molecule has 1 N–H and O–H groups in total. The number of thioether (sulfide) groups is 2. The third-order valence-corrected chi connectivity index (χ3v) is 5.02. The van der Waals surface area contributed by atoms with Crippen LogP contribution in [0.4, 0.5) is 5.69 Å². The molecule has 140 valence electrons. The molecule has 0 fully saturated rings. The van der Waals surface area contributed by atoms with Crippen LogP contribution in [0.15, 0.2) is 63.1 Å². The van der Waals surface area contributed by atoms with E-state index in [4.69, 9.17) is 9.15 Å². The number of nitrogens with zero attached hydrogens (tertiary/aromatic N) is 2. The summed E-state index contributed by atoms with van der Waals surface area (Å²) in [5, 5.41) is 11.1. The summed E-state index contributed by atoms with van der Waals surface area (Å²) in [6, 6.07) is 15.4. The Balaban J connectivity index is 1.46. The van der Waals surface area contributed by atoms with Gasteiger partial charge in [0.1, 0.15) is 5.75 Å². The minimum Gasteiger partial charge on any atom is -0.484 e. The molecule has 0 radical (unpaired) electrons. The van der Waals surface area contributed by atoms with Crippen molar-refractivity contribution in [2.45, 2.75) is 23.6 Å². The molecule has 0 aliphatic rings. The van der Waals surface area contributed by atoms with Crippen LogP contribution < -0.4 is 10.1 Å². The summed E-state index contributed by atoms with van der Waals surface area (Å²) in [5.74, 6) is 1.17. The summed E-state index contributed by atoms with van der Waals surface area (Å²) in [6.07, 6.45) is 1.99. The molecule has 0 aliphatic heterocycles. The summed E-state index contributed by atoms with van der Waals surface area (Å²) >= 11 is 2.81. The Hall–Kier alpha value is -2.45. The fraction of sp³-hybridized carbons (Fsp3) is 0.211. The molecule has 0 aliphatic carbocycles. The molecule has 1 amide bonds. The van der Waals surface area contributed by atoms with Crippen LogP contribution in [0.5, 0.6) is 5.75 Å². The van der Waals surface area contributed by atoms with Crippen molar-refractivity contribution in [3.63, 3.8) is 0 Å². The number of rotatable bonds is 8. The smallest absolute Gasteiger partial charge is 0.277 e. The van der Waals surface area contributed by atoms with Crippen LogP contribution in [0.3, 0.4) is 0 Å². The molecule has 0 saturated carbocycles. The first-order valence-electron chi connectivity index (χ1n) is 8.21. The highest BCUT2D eigenvalue weighted by atomic mass is 32.2.